The van der Waals surface area contributed by atoms with Gasteiger partial charge >= 0.3 is 0 Å². The highest BCUT2D eigenvalue weighted by Gasteiger charge is 2.30. The number of alkyl halides is 1. The molecule has 0 N–H and O–H groups in total. The molecule has 1 nitrogen and oxygen atoms in total. The first-order valence-electron chi connectivity index (χ1n) is 6.49. The number of hydrogen-bond donors (Lipinski definition) is 0. The van der Waals surface area contributed by atoms with Crippen LogP contribution in [0.5, 0.6) is 0 Å². The van der Waals surface area contributed by atoms with Gasteiger partial charge in [0.15, 0.2) is 0 Å². The Labute approximate surface area is 119 Å². The van der Waals surface area contributed by atoms with Crippen molar-refractivity contribution in [1.82, 2.24) is 0 Å². The number of hydrogen-bond acceptors (Lipinski definition) is 1. The van der Waals surface area contributed by atoms with Gasteiger partial charge in [-0.05, 0) is 54.9 Å². The topological polar surface area (TPSA) is 9.23 Å². The van der Waals surface area contributed by atoms with Gasteiger partial charge in [-0.25, -0.2) is 0 Å². The lowest BCUT2D eigenvalue weighted by Gasteiger charge is -2.33. The summed E-state index contributed by atoms with van der Waals surface area (Å²) in [5.41, 5.74) is 3.50. The lowest BCUT2D eigenvalue weighted by Crippen LogP contribution is -2.28. The van der Waals surface area contributed by atoms with Gasteiger partial charge < -0.3 is 4.74 Å². The fourth-order valence-corrected chi connectivity index (χ4v) is 3.49. The molecule has 3 unspecified atom stereocenters. The van der Waals surface area contributed by atoms with Gasteiger partial charge in [-0.1, -0.05) is 24.6 Å². The van der Waals surface area contributed by atoms with Crippen LogP contribution < -0.4 is 0 Å². The van der Waals surface area contributed by atoms with Gasteiger partial charge in [0, 0.05) is 18.2 Å². The van der Waals surface area contributed by atoms with Gasteiger partial charge in [-0.3, -0.25) is 0 Å². The molecule has 2 rings (SSSR count). The van der Waals surface area contributed by atoms with E-state index in [1.165, 1.54) is 11.1 Å². The van der Waals surface area contributed by atoms with Crippen LogP contribution in [-0.4, -0.2) is 13.2 Å². The average molecular weight is 287 g/mol. The Hall–Kier alpha value is -0.240. The molecule has 0 spiro atoms. The number of benzene rings is 1. The van der Waals surface area contributed by atoms with Crippen LogP contribution in [0.25, 0.3) is 0 Å². The first-order valence-corrected chi connectivity index (χ1v) is 7.30. The van der Waals surface area contributed by atoms with Crippen molar-refractivity contribution >= 4 is 23.2 Å². The lowest BCUT2D eigenvalue weighted by molar-refractivity contribution is 0.0227. The van der Waals surface area contributed by atoms with E-state index in [4.69, 9.17) is 27.9 Å². The predicted molar refractivity (Wildman–Crippen MR) is 77.6 cm³/mol. The molecule has 1 aromatic rings. The fourth-order valence-electron chi connectivity index (χ4n) is 2.66. The third-order valence-corrected chi connectivity index (χ3v) is 4.89. The summed E-state index contributed by atoms with van der Waals surface area (Å²) in [6.07, 6.45) is 1.04. The summed E-state index contributed by atoms with van der Waals surface area (Å²) < 4.78 is 5.49. The molecule has 1 aliphatic heterocycles. The number of aryl methyl sites for hydroxylation is 2. The highest BCUT2D eigenvalue weighted by Crippen LogP contribution is 2.40. The molecule has 0 saturated carbocycles. The van der Waals surface area contributed by atoms with Crippen molar-refractivity contribution < 1.29 is 4.74 Å². The largest absolute Gasteiger partial charge is 0.381 e. The monoisotopic (exact) mass is 286 g/mol. The molecule has 3 heteroatoms. The summed E-state index contributed by atoms with van der Waals surface area (Å²) in [5.74, 6) is 0.997. The van der Waals surface area contributed by atoms with Gasteiger partial charge in [0.2, 0.25) is 0 Å². The molecule has 1 fully saturated rings. The Morgan fingerprint density at radius 3 is 2.67 bits per heavy atom. The van der Waals surface area contributed by atoms with Crippen molar-refractivity contribution in [3.8, 4) is 0 Å². The molecular weight excluding hydrogens is 267 g/mol. The van der Waals surface area contributed by atoms with Gasteiger partial charge in [-0.2, -0.15) is 0 Å². The second-order valence-electron chi connectivity index (χ2n) is 5.36. The summed E-state index contributed by atoms with van der Waals surface area (Å²) in [6.45, 7) is 7.98. The van der Waals surface area contributed by atoms with Crippen LogP contribution in [0.15, 0.2) is 12.1 Å². The van der Waals surface area contributed by atoms with E-state index in [1.807, 2.05) is 13.0 Å². The third kappa shape index (κ3) is 2.84. The molecule has 1 saturated heterocycles. The zero-order chi connectivity index (χ0) is 13.3. The van der Waals surface area contributed by atoms with E-state index in [1.54, 1.807) is 0 Å². The van der Waals surface area contributed by atoms with Crippen molar-refractivity contribution in [2.45, 2.75) is 32.6 Å². The van der Waals surface area contributed by atoms with Crippen LogP contribution in [0.2, 0.25) is 5.02 Å². The Morgan fingerprint density at radius 1 is 1.28 bits per heavy atom. The molecule has 0 bridgehead atoms. The van der Waals surface area contributed by atoms with Crippen LogP contribution in [0.4, 0.5) is 0 Å². The molecule has 0 radical (unpaired) electrons. The van der Waals surface area contributed by atoms with Crippen LogP contribution in [0.3, 0.4) is 0 Å². The van der Waals surface area contributed by atoms with E-state index in [2.05, 4.69) is 19.9 Å². The summed E-state index contributed by atoms with van der Waals surface area (Å²) >= 11 is 12.9. The summed E-state index contributed by atoms with van der Waals surface area (Å²) in [7, 11) is 0. The second-order valence-corrected chi connectivity index (χ2v) is 6.24. The van der Waals surface area contributed by atoms with Crippen LogP contribution in [0, 0.1) is 25.7 Å². The normalized spacial score (nSPS) is 26.1. The minimum atomic E-state index is 0.0554. The van der Waals surface area contributed by atoms with E-state index in [0.717, 1.165) is 30.2 Å². The SMILES string of the molecule is Cc1cc(C(Cl)C2CCOCC2C)c(C)cc1Cl. The average Bonchev–Trinajstić information content (AvgIpc) is 2.33. The van der Waals surface area contributed by atoms with Crippen LogP contribution in [0.1, 0.15) is 35.4 Å². The first kappa shape index (κ1) is 14.2. The number of rotatable bonds is 2. The van der Waals surface area contributed by atoms with Crippen molar-refractivity contribution in [2.24, 2.45) is 11.8 Å². The third-order valence-electron chi connectivity index (χ3n) is 3.93. The minimum Gasteiger partial charge on any atom is -0.381 e. The summed E-state index contributed by atoms with van der Waals surface area (Å²) in [5, 5.41) is 0.875. The Bertz CT molecular complexity index is 431. The maximum atomic E-state index is 6.71. The minimum absolute atomic E-state index is 0.0554. The van der Waals surface area contributed by atoms with Crippen molar-refractivity contribution in [2.75, 3.05) is 13.2 Å². The number of halogens is 2. The molecule has 0 amide bonds. The van der Waals surface area contributed by atoms with Gasteiger partial charge in [0.25, 0.3) is 0 Å². The zero-order valence-electron chi connectivity index (χ0n) is 11.2. The number of ether oxygens (including phenoxy) is 1. The standard InChI is InChI=1S/C15H20Cl2O/c1-9-7-14(16)10(2)6-13(9)15(17)12-4-5-18-8-11(12)3/h6-7,11-12,15H,4-5,8H2,1-3H3. The van der Waals surface area contributed by atoms with Crippen molar-refractivity contribution in [3.63, 3.8) is 0 Å². The molecule has 3 atom stereocenters. The molecule has 1 aromatic carbocycles. The first-order chi connectivity index (χ1) is 8.50. The van der Waals surface area contributed by atoms with Gasteiger partial charge in [0.1, 0.15) is 0 Å². The summed E-state index contributed by atoms with van der Waals surface area (Å²) in [4.78, 5) is 0. The molecule has 0 aromatic heterocycles. The van der Waals surface area contributed by atoms with Crippen molar-refractivity contribution in [3.05, 3.63) is 33.8 Å². The van der Waals surface area contributed by atoms with E-state index in [-0.39, 0.29) is 5.38 Å². The maximum absolute atomic E-state index is 6.71. The van der Waals surface area contributed by atoms with E-state index in [0.29, 0.717) is 11.8 Å². The van der Waals surface area contributed by atoms with Gasteiger partial charge in [0.05, 0.1) is 5.38 Å². The molecule has 0 aliphatic carbocycles. The molecule has 1 heterocycles. The Balaban J connectivity index is 2.27. The molecule has 1 aliphatic rings. The maximum Gasteiger partial charge on any atom is 0.0620 e. The Kier molecular flexibility index (Phi) is 4.58. The van der Waals surface area contributed by atoms with Gasteiger partial charge in [-0.15, -0.1) is 11.6 Å². The highest BCUT2D eigenvalue weighted by atomic mass is 35.5. The van der Waals surface area contributed by atoms with Crippen LogP contribution in [-0.2, 0) is 4.74 Å². The van der Waals surface area contributed by atoms with Crippen molar-refractivity contribution in [1.29, 1.82) is 0 Å². The Morgan fingerprint density at radius 2 is 2.00 bits per heavy atom. The molecule has 100 valence electrons. The lowest BCUT2D eigenvalue weighted by atomic mass is 9.83. The second kappa shape index (κ2) is 5.81. The smallest absolute Gasteiger partial charge is 0.0620 e. The summed E-state index contributed by atoms with van der Waals surface area (Å²) in [6, 6.07) is 4.16. The van der Waals surface area contributed by atoms with E-state index in [9.17, 15) is 0 Å². The fraction of sp³-hybridized carbons (Fsp3) is 0.600. The van der Waals surface area contributed by atoms with E-state index >= 15 is 0 Å². The van der Waals surface area contributed by atoms with Crippen LogP contribution >= 0.6 is 23.2 Å². The predicted octanol–water partition coefficient (Wildman–Crippen LogP) is 4.91. The zero-order valence-corrected chi connectivity index (χ0v) is 12.7. The molecule has 18 heavy (non-hydrogen) atoms. The molecular formula is C15H20Cl2O. The van der Waals surface area contributed by atoms with E-state index < -0.39 is 0 Å². The highest BCUT2D eigenvalue weighted by molar-refractivity contribution is 6.31. The quantitative estimate of drug-likeness (QED) is 0.702.